The van der Waals surface area contributed by atoms with Crippen molar-refractivity contribution in [1.29, 1.82) is 0 Å². The lowest BCUT2D eigenvalue weighted by Crippen LogP contribution is -2.05. The van der Waals surface area contributed by atoms with Crippen LogP contribution in [0.4, 0.5) is 5.82 Å². The van der Waals surface area contributed by atoms with E-state index < -0.39 is 0 Å². The van der Waals surface area contributed by atoms with E-state index >= 15 is 0 Å². The van der Waals surface area contributed by atoms with Crippen molar-refractivity contribution >= 4 is 5.82 Å². The van der Waals surface area contributed by atoms with E-state index in [0.29, 0.717) is 11.6 Å². The molecule has 3 rings (SSSR count). The van der Waals surface area contributed by atoms with Gasteiger partial charge in [-0.3, -0.25) is 0 Å². The van der Waals surface area contributed by atoms with Gasteiger partial charge in [-0.15, -0.1) is 0 Å². The number of ether oxygens (including phenoxy) is 1. The van der Waals surface area contributed by atoms with Crippen molar-refractivity contribution in [2.24, 2.45) is 0 Å². The van der Waals surface area contributed by atoms with Gasteiger partial charge in [0.05, 0.1) is 12.7 Å². The van der Waals surface area contributed by atoms with E-state index in [2.05, 4.69) is 11.2 Å². The second-order valence-electron chi connectivity index (χ2n) is 4.61. The number of fused-ring (bicyclic) bond motifs is 1. The Balaban J connectivity index is 2.15. The first-order chi connectivity index (χ1) is 8.79. The highest BCUT2D eigenvalue weighted by Gasteiger charge is 2.19. The van der Waals surface area contributed by atoms with Crippen molar-refractivity contribution in [2.45, 2.75) is 25.7 Å². The topological polar surface area (TPSA) is 61.3 Å². The van der Waals surface area contributed by atoms with Crippen molar-refractivity contribution in [1.82, 2.24) is 5.16 Å². The van der Waals surface area contributed by atoms with Crippen LogP contribution in [0.5, 0.6) is 5.75 Å². The van der Waals surface area contributed by atoms with Crippen LogP contribution < -0.4 is 10.5 Å². The molecule has 4 heteroatoms. The minimum Gasteiger partial charge on any atom is -0.496 e. The summed E-state index contributed by atoms with van der Waals surface area (Å²) < 4.78 is 10.8. The fourth-order valence-electron chi connectivity index (χ4n) is 2.64. The monoisotopic (exact) mass is 244 g/mol. The van der Waals surface area contributed by atoms with Crippen LogP contribution >= 0.6 is 0 Å². The molecular weight excluding hydrogens is 228 g/mol. The van der Waals surface area contributed by atoms with Gasteiger partial charge in [0.15, 0.2) is 11.6 Å². The SMILES string of the molecule is COc1c(-c2cc(N)no2)ccc2c1CCCC2. The molecule has 0 fully saturated rings. The molecule has 2 aromatic rings. The molecular formula is C14H16N2O2. The zero-order valence-electron chi connectivity index (χ0n) is 10.4. The van der Waals surface area contributed by atoms with E-state index in [1.54, 1.807) is 13.2 Å². The predicted molar refractivity (Wildman–Crippen MR) is 69.5 cm³/mol. The second-order valence-corrected chi connectivity index (χ2v) is 4.61. The lowest BCUT2D eigenvalue weighted by molar-refractivity contribution is 0.400. The van der Waals surface area contributed by atoms with Crippen LogP contribution in [0.2, 0.25) is 0 Å². The van der Waals surface area contributed by atoms with E-state index in [1.165, 1.54) is 24.0 Å². The number of methoxy groups -OCH3 is 1. The molecule has 0 bridgehead atoms. The summed E-state index contributed by atoms with van der Waals surface area (Å²) in [6.07, 6.45) is 4.66. The van der Waals surface area contributed by atoms with E-state index in [-0.39, 0.29) is 0 Å². The van der Waals surface area contributed by atoms with Crippen molar-refractivity contribution in [3.8, 4) is 17.1 Å². The van der Waals surface area contributed by atoms with E-state index in [1.807, 2.05) is 6.07 Å². The molecule has 1 aromatic carbocycles. The Morgan fingerprint density at radius 2 is 2.11 bits per heavy atom. The van der Waals surface area contributed by atoms with E-state index in [4.69, 9.17) is 15.0 Å². The molecule has 0 radical (unpaired) electrons. The number of rotatable bonds is 2. The molecule has 1 heterocycles. The Labute approximate surface area is 106 Å². The highest BCUT2D eigenvalue weighted by molar-refractivity contribution is 5.70. The number of hydrogen-bond donors (Lipinski definition) is 1. The van der Waals surface area contributed by atoms with Gasteiger partial charge in [0, 0.05) is 6.07 Å². The van der Waals surface area contributed by atoms with Crippen LogP contribution in [0.1, 0.15) is 24.0 Å². The second kappa shape index (κ2) is 4.37. The Hall–Kier alpha value is -1.97. The fourth-order valence-corrected chi connectivity index (χ4v) is 2.64. The van der Waals surface area contributed by atoms with Gasteiger partial charge in [-0.2, -0.15) is 0 Å². The summed E-state index contributed by atoms with van der Waals surface area (Å²) in [5.74, 6) is 1.96. The molecule has 0 aliphatic heterocycles. The number of hydrogen-bond acceptors (Lipinski definition) is 4. The molecule has 1 aromatic heterocycles. The first-order valence-electron chi connectivity index (χ1n) is 6.21. The Kier molecular flexibility index (Phi) is 2.70. The fraction of sp³-hybridized carbons (Fsp3) is 0.357. The van der Waals surface area contributed by atoms with Crippen LogP contribution in [-0.2, 0) is 12.8 Å². The van der Waals surface area contributed by atoms with Crippen molar-refractivity contribution in [2.75, 3.05) is 12.8 Å². The normalized spacial score (nSPS) is 14.3. The van der Waals surface area contributed by atoms with Crippen molar-refractivity contribution in [3.63, 3.8) is 0 Å². The van der Waals surface area contributed by atoms with E-state index in [9.17, 15) is 0 Å². The molecule has 0 atom stereocenters. The van der Waals surface area contributed by atoms with Gasteiger partial charge in [-0.1, -0.05) is 11.2 Å². The molecule has 94 valence electrons. The smallest absolute Gasteiger partial charge is 0.172 e. The number of aryl methyl sites for hydroxylation is 1. The van der Waals surface area contributed by atoms with Gasteiger partial charge in [-0.05, 0) is 42.9 Å². The van der Waals surface area contributed by atoms with Gasteiger partial charge < -0.3 is 15.0 Å². The molecule has 4 nitrogen and oxygen atoms in total. The van der Waals surface area contributed by atoms with Gasteiger partial charge >= 0.3 is 0 Å². The molecule has 0 saturated heterocycles. The van der Waals surface area contributed by atoms with Gasteiger partial charge in [0.25, 0.3) is 0 Å². The van der Waals surface area contributed by atoms with E-state index in [0.717, 1.165) is 24.2 Å². The zero-order valence-corrected chi connectivity index (χ0v) is 10.4. The quantitative estimate of drug-likeness (QED) is 0.882. The largest absolute Gasteiger partial charge is 0.496 e. The summed E-state index contributed by atoms with van der Waals surface area (Å²) in [7, 11) is 1.70. The Morgan fingerprint density at radius 1 is 1.28 bits per heavy atom. The number of nitrogen functional groups attached to an aromatic ring is 1. The highest BCUT2D eigenvalue weighted by Crippen LogP contribution is 2.38. The number of nitrogens with two attached hydrogens (primary N) is 1. The maximum absolute atomic E-state index is 5.60. The van der Waals surface area contributed by atoms with Gasteiger partial charge in [-0.25, -0.2) is 0 Å². The molecule has 0 amide bonds. The minimum absolute atomic E-state index is 0.393. The third kappa shape index (κ3) is 1.74. The predicted octanol–water partition coefficient (Wildman–Crippen LogP) is 2.81. The third-order valence-electron chi connectivity index (χ3n) is 3.48. The third-order valence-corrected chi connectivity index (χ3v) is 3.48. The number of benzene rings is 1. The molecule has 0 unspecified atom stereocenters. The van der Waals surface area contributed by atoms with Crippen LogP contribution in [0.15, 0.2) is 22.7 Å². The minimum atomic E-state index is 0.393. The first kappa shape index (κ1) is 11.1. The number of nitrogens with zero attached hydrogens (tertiary/aromatic N) is 1. The molecule has 0 saturated carbocycles. The zero-order chi connectivity index (χ0) is 12.5. The van der Waals surface area contributed by atoms with Gasteiger partial charge in [0.1, 0.15) is 5.75 Å². The van der Waals surface area contributed by atoms with Crippen LogP contribution in [0.3, 0.4) is 0 Å². The van der Waals surface area contributed by atoms with Crippen LogP contribution in [0.25, 0.3) is 11.3 Å². The van der Waals surface area contributed by atoms with Crippen molar-refractivity contribution < 1.29 is 9.26 Å². The van der Waals surface area contributed by atoms with Crippen LogP contribution in [-0.4, -0.2) is 12.3 Å². The maximum Gasteiger partial charge on any atom is 0.172 e. The lowest BCUT2D eigenvalue weighted by Gasteiger charge is -2.20. The van der Waals surface area contributed by atoms with Gasteiger partial charge in [0.2, 0.25) is 0 Å². The van der Waals surface area contributed by atoms with Crippen LogP contribution in [0, 0.1) is 0 Å². The molecule has 2 N–H and O–H groups in total. The lowest BCUT2D eigenvalue weighted by atomic mass is 9.89. The summed E-state index contributed by atoms with van der Waals surface area (Å²) >= 11 is 0. The summed E-state index contributed by atoms with van der Waals surface area (Å²) in [4.78, 5) is 0. The standard InChI is InChI=1S/C14H16N2O2/c1-17-14-10-5-3-2-4-9(10)6-7-11(14)12-8-13(15)16-18-12/h6-8H,2-5H2,1H3,(H2,15,16). The first-order valence-corrected chi connectivity index (χ1v) is 6.21. The summed E-state index contributed by atoms with van der Waals surface area (Å²) in [5.41, 5.74) is 9.22. The Morgan fingerprint density at radius 3 is 2.83 bits per heavy atom. The summed E-state index contributed by atoms with van der Waals surface area (Å²) in [6, 6.07) is 5.92. The molecule has 18 heavy (non-hydrogen) atoms. The average molecular weight is 244 g/mol. The molecule has 1 aliphatic rings. The molecule has 0 spiro atoms. The average Bonchev–Trinajstić information content (AvgIpc) is 2.84. The molecule has 1 aliphatic carbocycles. The maximum atomic E-state index is 5.60. The number of anilines is 1. The highest BCUT2D eigenvalue weighted by atomic mass is 16.5. The number of aromatic nitrogens is 1. The summed E-state index contributed by atoms with van der Waals surface area (Å²) in [6.45, 7) is 0. The Bertz CT molecular complexity index is 575. The van der Waals surface area contributed by atoms with Crippen molar-refractivity contribution in [3.05, 3.63) is 29.3 Å². The summed E-state index contributed by atoms with van der Waals surface area (Å²) in [5, 5.41) is 3.73.